The minimum absolute atomic E-state index is 0.274. The molecule has 0 amide bonds. The molecule has 5 heteroatoms. The molecule has 0 aliphatic carbocycles. The number of aromatic nitrogens is 4. The molecule has 1 N–H and O–H groups in total. The van der Waals surface area contributed by atoms with Gasteiger partial charge in [0.25, 0.3) is 0 Å². The lowest BCUT2D eigenvalue weighted by atomic mass is 10.0. The van der Waals surface area contributed by atoms with Crippen molar-refractivity contribution in [3.8, 4) is 0 Å². The molecule has 0 bridgehead atoms. The largest absolute Gasteiger partial charge is 0.335 e. The van der Waals surface area contributed by atoms with E-state index in [-0.39, 0.29) is 6.04 Å². The van der Waals surface area contributed by atoms with Crippen molar-refractivity contribution in [2.45, 2.75) is 46.2 Å². The van der Waals surface area contributed by atoms with Crippen molar-refractivity contribution in [2.75, 3.05) is 6.54 Å². The minimum Gasteiger partial charge on any atom is -0.335 e. The molecule has 2 rings (SSSR count). The zero-order valence-corrected chi connectivity index (χ0v) is 12.9. The molecule has 1 unspecified atom stereocenters. The number of aryl methyl sites for hydroxylation is 3. The maximum Gasteiger partial charge on any atom is 0.110 e. The van der Waals surface area contributed by atoms with Crippen LogP contribution in [-0.4, -0.2) is 25.9 Å². The van der Waals surface area contributed by atoms with E-state index in [4.69, 9.17) is 0 Å². The summed E-state index contributed by atoms with van der Waals surface area (Å²) in [7, 11) is 1.97. The Morgan fingerprint density at radius 2 is 2.15 bits per heavy atom. The van der Waals surface area contributed by atoms with E-state index >= 15 is 0 Å². The molecule has 0 aromatic carbocycles. The summed E-state index contributed by atoms with van der Waals surface area (Å²) in [4.78, 5) is 4.49. The summed E-state index contributed by atoms with van der Waals surface area (Å²) in [5.74, 6) is 1.13. The number of rotatable bonds is 7. The first-order chi connectivity index (χ1) is 9.65. The molecule has 5 nitrogen and oxygen atoms in total. The molecule has 110 valence electrons. The SMILES string of the molecule is CCCNC(Cc1nccn1CC)c1cn(C)nc1C. The first kappa shape index (κ1) is 14.8. The van der Waals surface area contributed by atoms with Gasteiger partial charge in [0.2, 0.25) is 0 Å². The second kappa shape index (κ2) is 6.70. The van der Waals surface area contributed by atoms with Crippen LogP contribution in [0.15, 0.2) is 18.6 Å². The van der Waals surface area contributed by atoms with Gasteiger partial charge in [0, 0.05) is 50.2 Å². The Kier molecular flexibility index (Phi) is 4.95. The molecule has 0 radical (unpaired) electrons. The Morgan fingerprint density at radius 3 is 2.75 bits per heavy atom. The molecule has 1 atom stereocenters. The highest BCUT2D eigenvalue weighted by molar-refractivity contribution is 5.21. The highest BCUT2D eigenvalue weighted by atomic mass is 15.3. The molecule has 0 saturated carbocycles. The second-order valence-corrected chi connectivity index (χ2v) is 5.18. The monoisotopic (exact) mass is 275 g/mol. The quantitative estimate of drug-likeness (QED) is 0.843. The third-order valence-corrected chi connectivity index (χ3v) is 3.60. The summed E-state index contributed by atoms with van der Waals surface area (Å²) in [6.07, 6.45) is 8.06. The normalized spacial score (nSPS) is 12.8. The van der Waals surface area contributed by atoms with Crippen molar-refractivity contribution >= 4 is 0 Å². The van der Waals surface area contributed by atoms with Gasteiger partial charge in [-0.1, -0.05) is 6.92 Å². The number of hydrogen-bond donors (Lipinski definition) is 1. The van der Waals surface area contributed by atoms with E-state index in [1.807, 2.05) is 24.1 Å². The molecule has 0 aliphatic rings. The Bertz CT molecular complexity index is 540. The molecule has 0 saturated heterocycles. The number of nitrogens with zero attached hydrogens (tertiary/aromatic N) is 4. The van der Waals surface area contributed by atoms with Crippen molar-refractivity contribution in [2.24, 2.45) is 7.05 Å². The highest BCUT2D eigenvalue weighted by Gasteiger charge is 2.18. The van der Waals surface area contributed by atoms with Gasteiger partial charge in [0.05, 0.1) is 5.69 Å². The van der Waals surface area contributed by atoms with Crippen molar-refractivity contribution in [1.82, 2.24) is 24.6 Å². The fourth-order valence-electron chi connectivity index (χ4n) is 2.57. The van der Waals surface area contributed by atoms with Gasteiger partial charge in [0.1, 0.15) is 5.82 Å². The lowest BCUT2D eigenvalue weighted by molar-refractivity contribution is 0.504. The van der Waals surface area contributed by atoms with Crippen LogP contribution in [0.3, 0.4) is 0 Å². The smallest absolute Gasteiger partial charge is 0.110 e. The number of hydrogen-bond acceptors (Lipinski definition) is 3. The number of nitrogens with one attached hydrogen (secondary N) is 1. The van der Waals surface area contributed by atoms with E-state index in [2.05, 4.69) is 46.9 Å². The van der Waals surface area contributed by atoms with Gasteiger partial charge < -0.3 is 9.88 Å². The van der Waals surface area contributed by atoms with Gasteiger partial charge in [-0.25, -0.2) is 4.98 Å². The van der Waals surface area contributed by atoms with Crippen LogP contribution in [0.1, 0.15) is 43.4 Å². The van der Waals surface area contributed by atoms with Crippen molar-refractivity contribution in [1.29, 1.82) is 0 Å². The van der Waals surface area contributed by atoms with Crippen molar-refractivity contribution in [3.05, 3.63) is 35.7 Å². The van der Waals surface area contributed by atoms with E-state index in [9.17, 15) is 0 Å². The predicted molar refractivity (Wildman–Crippen MR) is 80.6 cm³/mol. The predicted octanol–water partition coefficient (Wildman–Crippen LogP) is 2.23. The minimum atomic E-state index is 0.274. The summed E-state index contributed by atoms with van der Waals surface area (Å²) in [5.41, 5.74) is 2.36. The average Bonchev–Trinajstić information content (AvgIpc) is 3.00. The van der Waals surface area contributed by atoms with Crippen molar-refractivity contribution < 1.29 is 0 Å². The molecular weight excluding hydrogens is 250 g/mol. The molecule has 20 heavy (non-hydrogen) atoms. The molecular formula is C15H25N5. The van der Waals surface area contributed by atoms with Crippen LogP contribution in [0.25, 0.3) is 0 Å². The summed E-state index contributed by atoms with van der Waals surface area (Å²) in [5, 5.41) is 8.08. The molecule has 0 aliphatic heterocycles. The maximum atomic E-state index is 4.49. The summed E-state index contributed by atoms with van der Waals surface area (Å²) in [6.45, 7) is 8.37. The molecule has 0 spiro atoms. The van der Waals surface area contributed by atoms with Gasteiger partial charge >= 0.3 is 0 Å². The van der Waals surface area contributed by atoms with E-state index in [0.29, 0.717) is 0 Å². The Morgan fingerprint density at radius 1 is 1.35 bits per heavy atom. The third-order valence-electron chi connectivity index (χ3n) is 3.60. The first-order valence-corrected chi connectivity index (χ1v) is 7.39. The van der Waals surface area contributed by atoms with Gasteiger partial charge in [-0.3, -0.25) is 4.68 Å². The van der Waals surface area contributed by atoms with Crippen molar-refractivity contribution in [3.63, 3.8) is 0 Å². The fraction of sp³-hybridized carbons (Fsp3) is 0.600. The van der Waals surface area contributed by atoms with Gasteiger partial charge in [0.15, 0.2) is 0 Å². The van der Waals surface area contributed by atoms with Crippen LogP contribution in [0.5, 0.6) is 0 Å². The average molecular weight is 275 g/mol. The van der Waals surface area contributed by atoms with Gasteiger partial charge in [-0.05, 0) is 26.8 Å². The molecule has 2 aromatic rings. The number of imidazole rings is 1. The van der Waals surface area contributed by atoms with Gasteiger partial charge in [-0.2, -0.15) is 5.10 Å². The zero-order chi connectivity index (χ0) is 14.5. The second-order valence-electron chi connectivity index (χ2n) is 5.18. The fourth-order valence-corrected chi connectivity index (χ4v) is 2.57. The lowest BCUT2D eigenvalue weighted by Gasteiger charge is -2.18. The Balaban J connectivity index is 2.21. The summed E-state index contributed by atoms with van der Waals surface area (Å²) in [6, 6.07) is 0.274. The van der Waals surface area contributed by atoms with Crippen LogP contribution in [0.4, 0.5) is 0 Å². The van der Waals surface area contributed by atoms with Crippen LogP contribution in [-0.2, 0) is 20.0 Å². The molecule has 2 aromatic heterocycles. The van der Waals surface area contributed by atoms with E-state index in [0.717, 1.165) is 37.4 Å². The Labute approximate surface area is 121 Å². The van der Waals surface area contributed by atoms with E-state index in [1.54, 1.807) is 0 Å². The maximum absolute atomic E-state index is 4.49. The van der Waals surface area contributed by atoms with Crippen LogP contribution in [0, 0.1) is 6.92 Å². The van der Waals surface area contributed by atoms with E-state index < -0.39 is 0 Å². The first-order valence-electron chi connectivity index (χ1n) is 7.39. The summed E-state index contributed by atoms with van der Waals surface area (Å²) >= 11 is 0. The standard InChI is InChI=1S/C15H25N5/c1-5-7-16-14(13-11-19(4)18-12(13)3)10-15-17-8-9-20(15)6-2/h8-9,11,14,16H,5-7,10H2,1-4H3. The van der Waals surface area contributed by atoms with Crippen LogP contribution >= 0.6 is 0 Å². The topological polar surface area (TPSA) is 47.7 Å². The Hall–Kier alpha value is -1.62. The highest BCUT2D eigenvalue weighted by Crippen LogP contribution is 2.20. The third kappa shape index (κ3) is 3.28. The van der Waals surface area contributed by atoms with Crippen LogP contribution in [0.2, 0.25) is 0 Å². The summed E-state index contributed by atoms with van der Waals surface area (Å²) < 4.78 is 4.09. The van der Waals surface area contributed by atoms with Gasteiger partial charge in [-0.15, -0.1) is 0 Å². The lowest BCUT2D eigenvalue weighted by Crippen LogP contribution is -2.25. The molecule has 0 fully saturated rings. The van der Waals surface area contributed by atoms with E-state index in [1.165, 1.54) is 5.56 Å². The van der Waals surface area contributed by atoms with Crippen LogP contribution < -0.4 is 5.32 Å². The zero-order valence-electron chi connectivity index (χ0n) is 12.9. The molecule has 2 heterocycles.